The second-order valence-corrected chi connectivity index (χ2v) is 11.1. The van der Waals surface area contributed by atoms with Gasteiger partial charge in [0, 0.05) is 37.6 Å². The van der Waals surface area contributed by atoms with Crippen LogP contribution in [0.15, 0.2) is 66.9 Å². The summed E-state index contributed by atoms with van der Waals surface area (Å²) in [5, 5.41) is 8.07. The fourth-order valence-corrected chi connectivity index (χ4v) is 5.03. The van der Waals surface area contributed by atoms with Crippen molar-refractivity contribution in [3.63, 3.8) is 0 Å². The van der Waals surface area contributed by atoms with Crippen LogP contribution in [0.4, 0.5) is 26.4 Å². The molecule has 0 unspecified atom stereocenters. The van der Waals surface area contributed by atoms with E-state index in [4.69, 9.17) is 4.74 Å². The van der Waals surface area contributed by atoms with Gasteiger partial charge in [0.15, 0.2) is 0 Å². The molecular weight excluding hydrogens is 551 g/mol. The predicted molar refractivity (Wildman–Crippen MR) is 163 cm³/mol. The van der Waals surface area contributed by atoms with Crippen molar-refractivity contribution in [2.45, 2.75) is 38.5 Å². The molecule has 4 amide bonds. The van der Waals surface area contributed by atoms with Gasteiger partial charge in [0.05, 0.1) is 5.69 Å². The molecule has 1 aliphatic carbocycles. The van der Waals surface area contributed by atoms with Crippen LogP contribution in [-0.2, 0) is 9.59 Å². The second-order valence-electron chi connectivity index (χ2n) is 11.1. The molecule has 0 radical (unpaired) electrons. The third kappa shape index (κ3) is 7.86. The first-order valence-electron chi connectivity index (χ1n) is 14.7. The van der Waals surface area contributed by atoms with Crippen LogP contribution < -0.4 is 20.7 Å². The number of aromatic nitrogens is 1. The van der Waals surface area contributed by atoms with Crippen LogP contribution >= 0.6 is 0 Å². The Hall–Kier alpha value is -4.51. The average molecular weight is 589 g/mol. The Bertz CT molecular complexity index is 1440. The van der Waals surface area contributed by atoms with Gasteiger partial charge in [-0.2, -0.15) is 0 Å². The first-order valence-corrected chi connectivity index (χ1v) is 14.7. The summed E-state index contributed by atoms with van der Waals surface area (Å²) >= 11 is 0. The van der Waals surface area contributed by atoms with Crippen molar-refractivity contribution in [1.82, 2.24) is 14.8 Å². The zero-order chi connectivity index (χ0) is 30.2. The highest BCUT2D eigenvalue weighted by Gasteiger charge is 2.56. The van der Waals surface area contributed by atoms with Crippen molar-refractivity contribution < 1.29 is 23.5 Å². The number of benzene rings is 2. The van der Waals surface area contributed by atoms with Crippen molar-refractivity contribution >= 4 is 35.0 Å². The predicted octanol–water partition coefficient (Wildman–Crippen LogP) is 5.71. The minimum atomic E-state index is -1.23. The number of ether oxygens (including phenoxy) is 1. The normalized spacial score (nSPS) is 15.4. The van der Waals surface area contributed by atoms with Crippen LogP contribution in [0.25, 0.3) is 0 Å². The molecule has 0 spiro atoms. The number of rotatable bonds is 12. The summed E-state index contributed by atoms with van der Waals surface area (Å²) in [5.41, 5.74) is -0.688. The lowest BCUT2D eigenvalue weighted by molar-refractivity contribution is -0.131. The molecule has 1 saturated carbocycles. The van der Waals surface area contributed by atoms with Gasteiger partial charge in [-0.3, -0.25) is 14.9 Å². The molecule has 3 N–H and O–H groups in total. The Kier molecular flexibility index (Phi) is 9.51. The molecule has 5 rings (SSSR count). The summed E-state index contributed by atoms with van der Waals surface area (Å²) in [7, 11) is 1.75. The second kappa shape index (κ2) is 13.6. The molecule has 10 nitrogen and oxygen atoms in total. The van der Waals surface area contributed by atoms with E-state index in [0.717, 1.165) is 25.5 Å². The van der Waals surface area contributed by atoms with E-state index >= 15 is 0 Å². The van der Waals surface area contributed by atoms with E-state index in [2.05, 4.69) is 25.8 Å². The molecule has 43 heavy (non-hydrogen) atoms. The number of anilines is 3. The molecule has 226 valence electrons. The molecule has 0 atom stereocenters. The maximum Gasteiger partial charge on any atom is 0.322 e. The zero-order valence-electron chi connectivity index (χ0n) is 24.3. The molecule has 1 aromatic heterocycles. The first-order chi connectivity index (χ1) is 20.8. The number of amides is 4. The van der Waals surface area contributed by atoms with Crippen LogP contribution in [-0.4, -0.2) is 65.9 Å². The van der Waals surface area contributed by atoms with Gasteiger partial charge in [-0.15, -0.1) is 0 Å². The Morgan fingerprint density at radius 1 is 0.930 bits per heavy atom. The van der Waals surface area contributed by atoms with Gasteiger partial charge in [0.2, 0.25) is 11.8 Å². The van der Waals surface area contributed by atoms with E-state index in [9.17, 15) is 18.8 Å². The lowest BCUT2D eigenvalue weighted by atomic mass is 10.0. The smallest absolute Gasteiger partial charge is 0.322 e. The number of nitrogens with one attached hydrogen (secondary N) is 3. The number of pyridine rings is 1. The number of hydrogen-bond donors (Lipinski definition) is 3. The quantitative estimate of drug-likeness (QED) is 0.184. The van der Waals surface area contributed by atoms with E-state index in [1.54, 1.807) is 48.3 Å². The highest BCUT2D eigenvalue weighted by molar-refractivity contribution is 6.16. The van der Waals surface area contributed by atoms with E-state index in [-0.39, 0.29) is 17.5 Å². The Balaban J connectivity index is 1.11. The number of carbonyl (C=O) groups excluding carboxylic acids is 3. The minimum Gasteiger partial charge on any atom is -0.457 e. The molecule has 2 aliphatic rings. The summed E-state index contributed by atoms with van der Waals surface area (Å²) in [6.45, 7) is 4.04. The third-order valence-electron chi connectivity index (χ3n) is 7.81. The van der Waals surface area contributed by atoms with Crippen LogP contribution in [0.3, 0.4) is 0 Å². The molecule has 2 fully saturated rings. The number of nitrogens with zero attached hydrogens (tertiary/aromatic N) is 3. The number of likely N-dealkylation sites (tertiary alicyclic amines) is 1. The molecule has 1 aliphatic heterocycles. The van der Waals surface area contributed by atoms with Crippen molar-refractivity contribution in [3.8, 4) is 11.5 Å². The van der Waals surface area contributed by atoms with E-state index in [1.807, 2.05) is 6.07 Å². The molecule has 1 saturated heterocycles. The van der Waals surface area contributed by atoms with Gasteiger partial charge in [-0.05, 0) is 88.5 Å². The average Bonchev–Trinajstić information content (AvgIpc) is 3.66. The summed E-state index contributed by atoms with van der Waals surface area (Å²) in [6, 6.07) is 15.8. The van der Waals surface area contributed by atoms with Crippen LogP contribution in [0.1, 0.15) is 38.5 Å². The number of carbonyl (C=O) groups is 3. The lowest BCUT2D eigenvalue weighted by Crippen LogP contribution is -2.35. The fourth-order valence-electron chi connectivity index (χ4n) is 5.03. The minimum absolute atomic E-state index is 0.0534. The van der Waals surface area contributed by atoms with Gasteiger partial charge in [0.1, 0.15) is 28.5 Å². The summed E-state index contributed by atoms with van der Waals surface area (Å²) < 4.78 is 20.7. The summed E-state index contributed by atoms with van der Waals surface area (Å²) in [4.78, 5) is 46.6. The molecule has 2 heterocycles. The largest absolute Gasteiger partial charge is 0.457 e. The Labute approximate surface area is 250 Å². The summed E-state index contributed by atoms with van der Waals surface area (Å²) in [5.74, 6) is -0.833. The SMILES string of the molecule is CN(CCCCN1CCCC1)C(=O)Nc1cc(Oc2ccc(NC(=O)C3(C(=O)Nc4ccccc4)CC3)c(F)c2)ccn1. The number of halogens is 1. The number of urea groups is 1. The van der Waals surface area contributed by atoms with Gasteiger partial charge >= 0.3 is 6.03 Å². The van der Waals surface area contributed by atoms with Crippen molar-refractivity contribution in [3.05, 3.63) is 72.7 Å². The van der Waals surface area contributed by atoms with Crippen molar-refractivity contribution in [2.24, 2.45) is 5.41 Å². The van der Waals surface area contributed by atoms with Crippen LogP contribution in [0.2, 0.25) is 0 Å². The van der Waals surface area contributed by atoms with E-state index in [1.165, 1.54) is 44.3 Å². The summed E-state index contributed by atoms with van der Waals surface area (Å²) in [6.07, 6.45) is 6.76. The molecule has 3 aromatic rings. The van der Waals surface area contributed by atoms with Crippen molar-refractivity contribution in [1.29, 1.82) is 0 Å². The Morgan fingerprint density at radius 2 is 1.65 bits per heavy atom. The maximum atomic E-state index is 15.0. The molecular formula is C32H37FN6O4. The number of hydrogen-bond acceptors (Lipinski definition) is 6. The van der Waals surface area contributed by atoms with Gasteiger partial charge in [-0.1, -0.05) is 18.2 Å². The number of unbranched alkanes of at least 4 members (excludes halogenated alkanes) is 1. The molecule has 11 heteroatoms. The van der Waals surface area contributed by atoms with Gasteiger partial charge in [-0.25, -0.2) is 14.2 Å². The van der Waals surface area contributed by atoms with Crippen LogP contribution in [0, 0.1) is 11.2 Å². The standard InChI is InChI=1S/C32H37FN6O4/c1-38(17-5-6-18-39-19-7-8-20-39)31(42)37-28-22-25(13-16-34-28)43-24-11-12-27(26(33)21-24)36-30(41)32(14-15-32)29(40)35-23-9-3-2-4-10-23/h2-4,9-13,16,21-22H,5-8,14-15,17-20H2,1H3,(H,35,40)(H,36,41)(H,34,37,42). The molecule has 2 aromatic carbocycles. The lowest BCUT2D eigenvalue weighted by Gasteiger charge is -2.19. The van der Waals surface area contributed by atoms with Crippen molar-refractivity contribution in [2.75, 3.05) is 49.2 Å². The molecule has 0 bridgehead atoms. The number of para-hydroxylation sites is 1. The topological polar surface area (TPSA) is 116 Å². The fraction of sp³-hybridized carbons (Fsp3) is 0.375. The highest BCUT2D eigenvalue weighted by Crippen LogP contribution is 2.47. The highest BCUT2D eigenvalue weighted by atomic mass is 19.1. The van der Waals surface area contributed by atoms with Gasteiger partial charge in [0.25, 0.3) is 0 Å². The van der Waals surface area contributed by atoms with E-state index in [0.29, 0.717) is 36.6 Å². The third-order valence-corrected chi connectivity index (χ3v) is 7.81. The van der Waals surface area contributed by atoms with Crippen LogP contribution in [0.5, 0.6) is 11.5 Å². The first kappa shape index (κ1) is 30.0. The van der Waals surface area contributed by atoms with E-state index < -0.39 is 23.0 Å². The Morgan fingerprint density at radius 3 is 2.37 bits per heavy atom. The zero-order valence-corrected chi connectivity index (χ0v) is 24.3. The maximum absolute atomic E-state index is 15.0. The monoisotopic (exact) mass is 588 g/mol. The van der Waals surface area contributed by atoms with Gasteiger partial charge < -0.3 is 25.2 Å².